The molecule has 1 N–H and O–H groups in total. The second-order valence-corrected chi connectivity index (χ2v) is 7.91. The fourth-order valence-corrected chi connectivity index (χ4v) is 4.23. The number of halogens is 1. The number of hydrogen-bond donors (Lipinski definition) is 1. The molecule has 4 rings (SSSR count). The number of benzene rings is 1. The Kier molecular flexibility index (Phi) is 5.84. The van der Waals surface area contributed by atoms with Gasteiger partial charge in [0.2, 0.25) is 5.91 Å². The highest BCUT2D eigenvalue weighted by Gasteiger charge is 2.28. The Morgan fingerprint density at radius 2 is 1.75 bits per heavy atom. The second kappa shape index (κ2) is 8.67. The molecule has 2 heterocycles. The maximum absolute atomic E-state index is 13.1. The molecule has 0 bridgehead atoms. The summed E-state index contributed by atoms with van der Waals surface area (Å²) in [4.78, 5) is 14.9. The van der Waals surface area contributed by atoms with Crippen LogP contribution >= 0.6 is 0 Å². The summed E-state index contributed by atoms with van der Waals surface area (Å²) in [5, 5.41) is 11.9. The lowest BCUT2D eigenvalue weighted by Crippen LogP contribution is -2.46. The summed E-state index contributed by atoms with van der Waals surface area (Å²) in [6.45, 7) is 1.57. The second-order valence-electron chi connectivity index (χ2n) is 7.91. The van der Waals surface area contributed by atoms with E-state index in [0.717, 1.165) is 43.6 Å². The van der Waals surface area contributed by atoms with Crippen molar-refractivity contribution < 1.29 is 9.18 Å². The molecule has 0 spiro atoms. The van der Waals surface area contributed by atoms with Crippen LogP contribution in [0, 0.1) is 11.7 Å². The van der Waals surface area contributed by atoms with E-state index in [1.54, 1.807) is 12.1 Å². The molecule has 1 aromatic carbocycles. The molecule has 1 aromatic heterocycles. The van der Waals surface area contributed by atoms with Gasteiger partial charge in [-0.3, -0.25) is 4.79 Å². The Balaban J connectivity index is 1.38. The molecule has 1 aliphatic heterocycles. The highest BCUT2D eigenvalue weighted by molar-refractivity contribution is 5.79. The Bertz CT molecular complexity index is 787. The Hall–Kier alpha value is -2.50. The third kappa shape index (κ3) is 4.49. The van der Waals surface area contributed by atoms with E-state index in [9.17, 15) is 9.18 Å². The summed E-state index contributed by atoms with van der Waals surface area (Å²) in [6.07, 6.45) is 7.85. The molecular formula is C22H27FN4O. The van der Waals surface area contributed by atoms with Crippen LogP contribution in [0.3, 0.4) is 0 Å². The van der Waals surface area contributed by atoms with Crippen molar-refractivity contribution in [1.29, 1.82) is 0 Å². The van der Waals surface area contributed by atoms with Gasteiger partial charge in [-0.1, -0.05) is 19.3 Å². The fourth-order valence-electron chi connectivity index (χ4n) is 4.23. The SMILES string of the molecule is O=C(NC1CCCCC1)C1CCCN(c2ccc(-c3ccc(F)cc3)nn2)C1. The van der Waals surface area contributed by atoms with Crippen LogP contribution in [0.1, 0.15) is 44.9 Å². The molecule has 1 aliphatic carbocycles. The molecule has 28 heavy (non-hydrogen) atoms. The number of nitrogens with zero attached hydrogens (tertiary/aromatic N) is 3. The Morgan fingerprint density at radius 1 is 0.964 bits per heavy atom. The van der Waals surface area contributed by atoms with Crippen LogP contribution in [-0.4, -0.2) is 35.2 Å². The average Bonchev–Trinajstić information content (AvgIpc) is 2.75. The number of nitrogens with one attached hydrogen (secondary N) is 1. The predicted octanol–water partition coefficient (Wildman–Crippen LogP) is 3.95. The minimum absolute atomic E-state index is 0.00857. The monoisotopic (exact) mass is 382 g/mol. The highest BCUT2D eigenvalue weighted by atomic mass is 19.1. The van der Waals surface area contributed by atoms with Crippen molar-refractivity contribution >= 4 is 11.7 Å². The van der Waals surface area contributed by atoms with Crippen LogP contribution in [0.2, 0.25) is 0 Å². The van der Waals surface area contributed by atoms with Crippen molar-refractivity contribution in [3.63, 3.8) is 0 Å². The van der Waals surface area contributed by atoms with Gasteiger partial charge in [0.05, 0.1) is 11.6 Å². The van der Waals surface area contributed by atoms with Crippen LogP contribution in [0.25, 0.3) is 11.3 Å². The number of piperidine rings is 1. The molecule has 5 nitrogen and oxygen atoms in total. The summed E-state index contributed by atoms with van der Waals surface area (Å²) in [5.74, 6) is 0.724. The van der Waals surface area contributed by atoms with Gasteiger partial charge in [-0.15, -0.1) is 10.2 Å². The van der Waals surface area contributed by atoms with Gasteiger partial charge in [0.1, 0.15) is 5.82 Å². The third-order valence-corrected chi connectivity index (χ3v) is 5.86. The lowest BCUT2D eigenvalue weighted by Gasteiger charge is -2.34. The van der Waals surface area contributed by atoms with Gasteiger partial charge < -0.3 is 10.2 Å². The summed E-state index contributed by atoms with van der Waals surface area (Å²) in [6, 6.07) is 10.4. The molecule has 1 amide bonds. The van der Waals surface area contributed by atoms with E-state index in [1.807, 2.05) is 12.1 Å². The van der Waals surface area contributed by atoms with Crippen LogP contribution < -0.4 is 10.2 Å². The van der Waals surface area contributed by atoms with Crippen molar-refractivity contribution in [2.24, 2.45) is 5.92 Å². The zero-order chi connectivity index (χ0) is 19.3. The third-order valence-electron chi connectivity index (χ3n) is 5.86. The van der Waals surface area contributed by atoms with Crippen molar-refractivity contribution in [3.8, 4) is 11.3 Å². The summed E-state index contributed by atoms with van der Waals surface area (Å²) in [5.41, 5.74) is 1.55. The molecule has 148 valence electrons. The van der Waals surface area contributed by atoms with Crippen molar-refractivity contribution in [2.45, 2.75) is 51.0 Å². The number of aromatic nitrogens is 2. The Morgan fingerprint density at radius 3 is 2.46 bits per heavy atom. The minimum Gasteiger partial charge on any atom is -0.354 e. The van der Waals surface area contributed by atoms with Crippen molar-refractivity contribution in [1.82, 2.24) is 15.5 Å². The van der Waals surface area contributed by atoms with Gasteiger partial charge in [-0.25, -0.2) is 4.39 Å². The summed E-state index contributed by atoms with van der Waals surface area (Å²) < 4.78 is 13.1. The van der Waals surface area contributed by atoms with Gasteiger partial charge in [-0.05, 0) is 62.1 Å². The molecule has 2 aromatic rings. The highest BCUT2D eigenvalue weighted by Crippen LogP contribution is 2.24. The number of anilines is 1. The average molecular weight is 382 g/mol. The normalized spacial score (nSPS) is 20.8. The van der Waals surface area contributed by atoms with E-state index in [2.05, 4.69) is 20.4 Å². The number of rotatable bonds is 4. The molecule has 2 aliphatic rings. The standard InChI is InChI=1S/C22H27FN4O/c23-18-10-8-16(9-11-18)20-12-13-21(26-25-20)27-14-4-5-17(15-27)22(28)24-19-6-2-1-3-7-19/h8-13,17,19H,1-7,14-15H2,(H,24,28). The maximum atomic E-state index is 13.1. The lowest BCUT2D eigenvalue weighted by molar-refractivity contribution is -0.126. The molecule has 2 fully saturated rings. The van der Waals surface area contributed by atoms with Crippen molar-refractivity contribution in [3.05, 3.63) is 42.2 Å². The van der Waals surface area contributed by atoms with E-state index in [1.165, 1.54) is 31.4 Å². The topological polar surface area (TPSA) is 58.1 Å². The van der Waals surface area contributed by atoms with Gasteiger partial charge in [0, 0.05) is 24.7 Å². The first kappa shape index (κ1) is 18.8. The molecule has 0 radical (unpaired) electrons. The fraction of sp³-hybridized carbons (Fsp3) is 0.500. The van der Waals surface area contributed by atoms with E-state index in [4.69, 9.17) is 0 Å². The van der Waals surface area contributed by atoms with E-state index in [-0.39, 0.29) is 17.6 Å². The number of carbonyl (C=O) groups is 1. The molecule has 1 unspecified atom stereocenters. The maximum Gasteiger partial charge on any atom is 0.225 e. The van der Waals surface area contributed by atoms with Crippen LogP contribution in [-0.2, 0) is 4.79 Å². The van der Waals surface area contributed by atoms with Crippen LogP contribution in [0.4, 0.5) is 10.2 Å². The van der Waals surface area contributed by atoms with Crippen LogP contribution in [0.5, 0.6) is 0 Å². The first-order valence-electron chi connectivity index (χ1n) is 10.3. The van der Waals surface area contributed by atoms with E-state index >= 15 is 0 Å². The van der Waals surface area contributed by atoms with Gasteiger partial charge in [0.25, 0.3) is 0 Å². The minimum atomic E-state index is -0.265. The van der Waals surface area contributed by atoms with Gasteiger partial charge in [0.15, 0.2) is 5.82 Å². The molecule has 6 heteroatoms. The van der Waals surface area contributed by atoms with E-state index in [0.29, 0.717) is 18.3 Å². The lowest BCUT2D eigenvalue weighted by atomic mass is 9.93. The first-order chi connectivity index (χ1) is 13.7. The Labute approximate surface area is 165 Å². The quantitative estimate of drug-likeness (QED) is 0.870. The van der Waals surface area contributed by atoms with E-state index < -0.39 is 0 Å². The first-order valence-corrected chi connectivity index (χ1v) is 10.3. The van der Waals surface area contributed by atoms with Crippen LogP contribution in [0.15, 0.2) is 36.4 Å². The number of amides is 1. The zero-order valence-corrected chi connectivity index (χ0v) is 16.1. The smallest absolute Gasteiger partial charge is 0.225 e. The van der Waals surface area contributed by atoms with Gasteiger partial charge >= 0.3 is 0 Å². The van der Waals surface area contributed by atoms with Crippen molar-refractivity contribution in [2.75, 3.05) is 18.0 Å². The zero-order valence-electron chi connectivity index (χ0n) is 16.1. The summed E-state index contributed by atoms with van der Waals surface area (Å²) in [7, 11) is 0. The summed E-state index contributed by atoms with van der Waals surface area (Å²) >= 11 is 0. The molecule has 1 saturated carbocycles. The number of hydrogen-bond acceptors (Lipinski definition) is 4. The van der Waals surface area contributed by atoms with Gasteiger partial charge in [-0.2, -0.15) is 0 Å². The number of carbonyl (C=O) groups excluding carboxylic acids is 1. The largest absolute Gasteiger partial charge is 0.354 e. The molecule has 1 atom stereocenters. The predicted molar refractivity (Wildman–Crippen MR) is 107 cm³/mol. The molecular weight excluding hydrogens is 355 g/mol. The molecule has 1 saturated heterocycles.